The maximum absolute atomic E-state index is 11.7. The Kier molecular flexibility index (Phi) is 5.38. The van der Waals surface area contributed by atoms with Crippen LogP contribution in [0, 0.1) is 0 Å². The first kappa shape index (κ1) is 15.6. The molecule has 0 aliphatic rings. The summed E-state index contributed by atoms with van der Waals surface area (Å²) in [6.45, 7) is 7.56. The average Bonchev–Trinajstić information content (AvgIpc) is 2.81. The molecule has 7 nitrogen and oxygen atoms in total. The second-order valence-corrected chi connectivity index (χ2v) is 5.41. The standard InChI is InChI=1S/C13H20N6OS/c1-4-7-19-12(20)17-18-13(19)21-11-9(5-2)10(14-6-3)15-8-16-11/h8H,4-7H2,1-3H3,(H,17,20)(H,14,15,16). The molecule has 0 fully saturated rings. The lowest BCUT2D eigenvalue weighted by atomic mass is 10.2. The van der Waals surface area contributed by atoms with Gasteiger partial charge in [-0.05, 0) is 31.5 Å². The van der Waals surface area contributed by atoms with Gasteiger partial charge >= 0.3 is 5.69 Å². The topological polar surface area (TPSA) is 88.5 Å². The molecule has 2 rings (SSSR count). The average molecular weight is 308 g/mol. The van der Waals surface area contributed by atoms with Crippen LogP contribution in [0.25, 0.3) is 0 Å². The molecule has 0 saturated heterocycles. The van der Waals surface area contributed by atoms with Crippen molar-refractivity contribution >= 4 is 17.6 Å². The first-order valence-corrected chi connectivity index (χ1v) is 7.93. The Balaban J connectivity index is 2.35. The van der Waals surface area contributed by atoms with E-state index in [-0.39, 0.29) is 5.69 Å². The van der Waals surface area contributed by atoms with Gasteiger partial charge < -0.3 is 5.32 Å². The quantitative estimate of drug-likeness (QED) is 0.760. The third-order valence-corrected chi connectivity index (χ3v) is 4.00. The van der Waals surface area contributed by atoms with Gasteiger partial charge in [0, 0.05) is 18.7 Å². The lowest BCUT2D eigenvalue weighted by Gasteiger charge is -2.11. The maximum atomic E-state index is 11.7. The van der Waals surface area contributed by atoms with E-state index < -0.39 is 0 Å². The highest BCUT2D eigenvalue weighted by Crippen LogP contribution is 2.29. The minimum absolute atomic E-state index is 0.182. The fourth-order valence-corrected chi connectivity index (χ4v) is 3.02. The monoisotopic (exact) mass is 308 g/mol. The largest absolute Gasteiger partial charge is 0.370 e. The summed E-state index contributed by atoms with van der Waals surface area (Å²) in [5.41, 5.74) is 0.862. The predicted octanol–water partition coefficient (Wildman–Crippen LogP) is 1.92. The van der Waals surface area contributed by atoms with Gasteiger partial charge in [0.25, 0.3) is 0 Å². The van der Waals surface area contributed by atoms with Gasteiger partial charge in [0.05, 0.1) is 0 Å². The molecule has 0 aromatic carbocycles. The zero-order chi connectivity index (χ0) is 15.2. The summed E-state index contributed by atoms with van der Waals surface area (Å²) in [5.74, 6) is 0.845. The number of hydrogen-bond donors (Lipinski definition) is 2. The van der Waals surface area contributed by atoms with Gasteiger partial charge in [0.15, 0.2) is 5.16 Å². The van der Waals surface area contributed by atoms with Gasteiger partial charge in [-0.1, -0.05) is 13.8 Å². The van der Waals surface area contributed by atoms with Gasteiger partial charge in [0.2, 0.25) is 0 Å². The van der Waals surface area contributed by atoms with Crippen molar-refractivity contribution in [3.8, 4) is 0 Å². The number of rotatable bonds is 7. The second kappa shape index (κ2) is 7.26. The Hall–Kier alpha value is -1.83. The zero-order valence-corrected chi connectivity index (χ0v) is 13.3. The van der Waals surface area contributed by atoms with Crippen molar-refractivity contribution in [2.45, 2.75) is 50.3 Å². The zero-order valence-electron chi connectivity index (χ0n) is 12.5. The number of aromatic nitrogens is 5. The molecule has 21 heavy (non-hydrogen) atoms. The summed E-state index contributed by atoms with van der Waals surface area (Å²) in [6, 6.07) is 0. The molecule has 0 unspecified atom stereocenters. The summed E-state index contributed by atoms with van der Waals surface area (Å²) < 4.78 is 1.64. The predicted molar refractivity (Wildman–Crippen MR) is 82.8 cm³/mol. The van der Waals surface area contributed by atoms with Crippen LogP contribution < -0.4 is 11.0 Å². The van der Waals surface area contributed by atoms with E-state index in [0.717, 1.165) is 35.8 Å². The highest BCUT2D eigenvalue weighted by atomic mass is 32.2. The number of hydrogen-bond acceptors (Lipinski definition) is 6. The Bertz CT molecular complexity index is 650. The van der Waals surface area contributed by atoms with Crippen molar-refractivity contribution in [1.29, 1.82) is 0 Å². The number of nitrogens with zero attached hydrogens (tertiary/aromatic N) is 4. The number of anilines is 1. The number of aromatic amines is 1. The highest BCUT2D eigenvalue weighted by molar-refractivity contribution is 7.99. The van der Waals surface area contributed by atoms with E-state index in [0.29, 0.717) is 11.7 Å². The second-order valence-electron chi connectivity index (χ2n) is 4.45. The van der Waals surface area contributed by atoms with Crippen LogP contribution >= 0.6 is 11.8 Å². The minimum Gasteiger partial charge on any atom is -0.370 e. The van der Waals surface area contributed by atoms with Crippen molar-refractivity contribution in [1.82, 2.24) is 24.7 Å². The van der Waals surface area contributed by atoms with Crippen LogP contribution in [0.2, 0.25) is 0 Å². The van der Waals surface area contributed by atoms with E-state index in [4.69, 9.17) is 0 Å². The van der Waals surface area contributed by atoms with Crippen LogP contribution in [0.5, 0.6) is 0 Å². The molecular formula is C13H20N6OS. The van der Waals surface area contributed by atoms with Gasteiger partial charge in [-0.25, -0.2) is 19.9 Å². The molecule has 8 heteroatoms. The van der Waals surface area contributed by atoms with Crippen LogP contribution in [-0.2, 0) is 13.0 Å². The number of nitrogens with one attached hydrogen (secondary N) is 2. The van der Waals surface area contributed by atoms with Crippen molar-refractivity contribution in [3.05, 3.63) is 22.4 Å². The van der Waals surface area contributed by atoms with Crippen molar-refractivity contribution in [2.24, 2.45) is 0 Å². The summed E-state index contributed by atoms with van der Waals surface area (Å²) in [6.07, 6.45) is 3.22. The summed E-state index contributed by atoms with van der Waals surface area (Å²) in [7, 11) is 0. The smallest absolute Gasteiger partial charge is 0.343 e. The Morgan fingerprint density at radius 1 is 1.33 bits per heavy atom. The molecule has 0 bridgehead atoms. The molecule has 2 N–H and O–H groups in total. The number of H-pyrrole nitrogens is 1. The SMILES string of the molecule is CCCn1c(Sc2ncnc(NCC)c2CC)n[nH]c1=O. The summed E-state index contributed by atoms with van der Waals surface area (Å²) in [5, 5.41) is 11.3. The molecule has 114 valence electrons. The molecular weight excluding hydrogens is 288 g/mol. The molecule has 0 radical (unpaired) electrons. The molecule has 2 aromatic rings. The molecule has 0 atom stereocenters. The van der Waals surface area contributed by atoms with Crippen molar-refractivity contribution < 1.29 is 0 Å². The summed E-state index contributed by atoms with van der Waals surface area (Å²) >= 11 is 1.40. The van der Waals surface area contributed by atoms with E-state index in [1.54, 1.807) is 4.57 Å². The van der Waals surface area contributed by atoms with E-state index >= 15 is 0 Å². The molecule has 0 spiro atoms. The van der Waals surface area contributed by atoms with Crippen LogP contribution in [0.3, 0.4) is 0 Å². The van der Waals surface area contributed by atoms with E-state index in [9.17, 15) is 4.79 Å². The minimum atomic E-state index is -0.182. The molecule has 2 aromatic heterocycles. The third kappa shape index (κ3) is 3.44. The molecule has 2 heterocycles. The van der Waals surface area contributed by atoms with Gasteiger partial charge in [-0.3, -0.25) is 4.57 Å². The Morgan fingerprint density at radius 3 is 2.81 bits per heavy atom. The van der Waals surface area contributed by atoms with Crippen LogP contribution in [-0.4, -0.2) is 31.3 Å². The fraction of sp³-hybridized carbons (Fsp3) is 0.538. The van der Waals surface area contributed by atoms with E-state index in [2.05, 4.69) is 32.4 Å². The van der Waals surface area contributed by atoms with E-state index in [1.807, 2.05) is 13.8 Å². The molecule has 0 saturated carbocycles. The fourth-order valence-electron chi connectivity index (χ4n) is 2.01. The van der Waals surface area contributed by atoms with Crippen LogP contribution in [0.1, 0.15) is 32.8 Å². The lowest BCUT2D eigenvalue weighted by molar-refractivity contribution is 0.603. The van der Waals surface area contributed by atoms with Gasteiger partial charge in [0.1, 0.15) is 17.2 Å². The summed E-state index contributed by atoms with van der Waals surface area (Å²) in [4.78, 5) is 20.3. The Morgan fingerprint density at radius 2 is 2.14 bits per heavy atom. The first-order valence-electron chi connectivity index (χ1n) is 7.12. The maximum Gasteiger partial charge on any atom is 0.343 e. The molecule has 0 amide bonds. The van der Waals surface area contributed by atoms with Crippen LogP contribution in [0.15, 0.2) is 21.3 Å². The highest BCUT2D eigenvalue weighted by Gasteiger charge is 2.15. The Labute approximate surface area is 127 Å². The van der Waals surface area contributed by atoms with Crippen LogP contribution in [0.4, 0.5) is 5.82 Å². The lowest BCUT2D eigenvalue weighted by Crippen LogP contribution is -2.17. The normalized spacial score (nSPS) is 10.8. The van der Waals surface area contributed by atoms with Gasteiger partial charge in [-0.2, -0.15) is 0 Å². The molecule has 0 aliphatic carbocycles. The van der Waals surface area contributed by atoms with E-state index in [1.165, 1.54) is 18.1 Å². The molecule has 0 aliphatic heterocycles. The van der Waals surface area contributed by atoms with Crippen molar-refractivity contribution in [3.63, 3.8) is 0 Å². The van der Waals surface area contributed by atoms with Gasteiger partial charge in [-0.15, -0.1) is 5.10 Å². The first-order chi connectivity index (χ1) is 10.2. The third-order valence-electron chi connectivity index (χ3n) is 2.96. The van der Waals surface area contributed by atoms with Crippen molar-refractivity contribution in [2.75, 3.05) is 11.9 Å².